The third-order valence-corrected chi connectivity index (χ3v) is 6.23. The van der Waals surface area contributed by atoms with Crippen LogP contribution in [0.25, 0.3) is 11.3 Å². The second-order valence-electron chi connectivity index (χ2n) is 7.16. The lowest BCUT2D eigenvalue weighted by Gasteiger charge is -2.25. The molecule has 0 unspecified atom stereocenters. The summed E-state index contributed by atoms with van der Waals surface area (Å²) in [4.78, 5) is 6.57. The van der Waals surface area contributed by atoms with Gasteiger partial charge in [0, 0.05) is 16.2 Å². The number of rotatable bonds is 5. The zero-order chi connectivity index (χ0) is 21.4. The monoisotopic (exact) mass is 497 g/mol. The molecule has 1 aromatic carbocycles. The largest absolute Gasteiger partial charge is 0.467 e. The van der Waals surface area contributed by atoms with E-state index in [1.54, 1.807) is 18.5 Å². The predicted octanol–water partition coefficient (Wildman–Crippen LogP) is 6.01. The van der Waals surface area contributed by atoms with Crippen molar-refractivity contribution in [1.82, 2.24) is 15.2 Å². The molecule has 1 N–H and O–H groups in total. The first-order chi connectivity index (χ1) is 15.1. The Morgan fingerprint density at radius 2 is 2.03 bits per heavy atom. The average molecular weight is 498 g/mol. The predicted molar refractivity (Wildman–Crippen MR) is 122 cm³/mol. The molecule has 1 saturated heterocycles. The van der Waals surface area contributed by atoms with Crippen LogP contribution in [0, 0.1) is 5.82 Å². The lowest BCUT2D eigenvalue weighted by Crippen LogP contribution is -2.28. The molecule has 2 atom stereocenters. The Hall–Kier alpha value is -2.97. The summed E-state index contributed by atoms with van der Waals surface area (Å²) in [5, 5.41) is 3.98. The second kappa shape index (κ2) is 8.28. The number of thiocarbonyl (C=S) groups is 1. The van der Waals surface area contributed by atoms with Gasteiger partial charge in [0.25, 0.3) is 0 Å². The van der Waals surface area contributed by atoms with Crippen molar-refractivity contribution in [1.29, 1.82) is 0 Å². The molecule has 0 saturated carbocycles. The molecule has 4 aromatic rings. The highest BCUT2D eigenvalue weighted by Crippen LogP contribution is 2.42. The van der Waals surface area contributed by atoms with Gasteiger partial charge in [-0.25, -0.2) is 4.39 Å². The van der Waals surface area contributed by atoms with Crippen LogP contribution < -0.4 is 5.32 Å². The van der Waals surface area contributed by atoms with Gasteiger partial charge in [-0.15, -0.1) is 0 Å². The number of hydrogen-bond acceptors (Lipinski definition) is 4. The van der Waals surface area contributed by atoms with Crippen molar-refractivity contribution in [2.24, 2.45) is 0 Å². The SMILES string of the molecule is Fc1ccc(-c2ccc([C@H]3[C@@H](c4ccccn4)NC(=S)N3Cc3ccco3)o2)c(Br)c1. The van der Waals surface area contributed by atoms with Gasteiger partial charge in [0.15, 0.2) is 5.11 Å². The van der Waals surface area contributed by atoms with Gasteiger partial charge < -0.3 is 19.1 Å². The molecule has 0 radical (unpaired) electrons. The van der Waals surface area contributed by atoms with Crippen LogP contribution in [0.4, 0.5) is 4.39 Å². The summed E-state index contributed by atoms with van der Waals surface area (Å²) in [5.74, 6) is 1.84. The van der Waals surface area contributed by atoms with Gasteiger partial charge in [0.1, 0.15) is 29.1 Å². The highest BCUT2D eigenvalue weighted by Gasteiger charge is 2.42. The van der Waals surface area contributed by atoms with Crippen molar-refractivity contribution in [2.75, 3.05) is 0 Å². The van der Waals surface area contributed by atoms with Crippen molar-refractivity contribution >= 4 is 33.3 Å². The van der Waals surface area contributed by atoms with E-state index in [-0.39, 0.29) is 17.9 Å². The molecule has 5 rings (SSSR count). The van der Waals surface area contributed by atoms with E-state index in [2.05, 4.69) is 26.2 Å². The molecule has 5 nitrogen and oxygen atoms in total. The van der Waals surface area contributed by atoms with E-state index in [0.717, 1.165) is 22.8 Å². The molecule has 8 heteroatoms. The number of furan rings is 2. The van der Waals surface area contributed by atoms with Gasteiger partial charge >= 0.3 is 0 Å². The molecular weight excluding hydrogens is 481 g/mol. The number of aromatic nitrogens is 1. The molecule has 156 valence electrons. The number of hydrogen-bond donors (Lipinski definition) is 1. The molecule has 3 aromatic heterocycles. The molecule has 0 aliphatic carbocycles. The van der Waals surface area contributed by atoms with Crippen LogP contribution >= 0.6 is 28.1 Å². The molecule has 1 aliphatic rings. The first-order valence-electron chi connectivity index (χ1n) is 9.66. The fourth-order valence-corrected chi connectivity index (χ4v) is 4.65. The Kier molecular flexibility index (Phi) is 5.33. The molecule has 4 heterocycles. The van der Waals surface area contributed by atoms with Crippen LogP contribution in [0.3, 0.4) is 0 Å². The third kappa shape index (κ3) is 3.88. The number of nitrogens with one attached hydrogen (secondary N) is 1. The second-order valence-corrected chi connectivity index (χ2v) is 8.40. The summed E-state index contributed by atoms with van der Waals surface area (Å²) in [7, 11) is 0. The zero-order valence-electron chi connectivity index (χ0n) is 16.2. The fourth-order valence-electron chi connectivity index (χ4n) is 3.80. The average Bonchev–Trinajstić information content (AvgIpc) is 3.51. The maximum atomic E-state index is 13.5. The number of benzene rings is 1. The van der Waals surface area contributed by atoms with Gasteiger partial charge in [0.05, 0.1) is 24.5 Å². The summed E-state index contributed by atoms with van der Waals surface area (Å²) in [6, 6.07) is 17.5. The fraction of sp³-hybridized carbons (Fsp3) is 0.130. The minimum atomic E-state index is -0.312. The van der Waals surface area contributed by atoms with E-state index < -0.39 is 0 Å². The van der Waals surface area contributed by atoms with Crippen molar-refractivity contribution in [3.8, 4) is 11.3 Å². The van der Waals surface area contributed by atoms with E-state index in [0.29, 0.717) is 21.9 Å². The van der Waals surface area contributed by atoms with Gasteiger partial charge in [-0.05, 0) is 82.7 Å². The highest BCUT2D eigenvalue weighted by atomic mass is 79.9. The Morgan fingerprint density at radius 1 is 1.13 bits per heavy atom. The van der Waals surface area contributed by atoms with Crippen molar-refractivity contribution in [3.63, 3.8) is 0 Å². The smallest absolute Gasteiger partial charge is 0.170 e. The maximum Gasteiger partial charge on any atom is 0.170 e. The van der Waals surface area contributed by atoms with Crippen LogP contribution in [-0.4, -0.2) is 15.0 Å². The Morgan fingerprint density at radius 3 is 2.77 bits per heavy atom. The molecular formula is C23H17BrFN3O2S. The summed E-state index contributed by atoms with van der Waals surface area (Å²) >= 11 is 9.08. The summed E-state index contributed by atoms with van der Waals surface area (Å²) in [6.07, 6.45) is 3.40. The molecule has 1 fully saturated rings. The molecule has 0 bridgehead atoms. The first-order valence-corrected chi connectivity index (χ1v) is 10.9. The molecule has 0 spiro atoms. The standard InChI is InChI=1S/C23H17BrFN3O2S/c24-17-12-14(25)6-7-16(17)19-8-9-20(30-19)22-21(18-5-1-2-10-26-18)27-23(31)28(22)13-15-4-3-11-29-15/h1-12,21-22H,13H2,(H,27,31)/t21-,22+/m1/s1. The van der Waals surface area contributed by atoms with Crippen molar-refractivity contribution in [2.45, 2.75) is 18.6 Å². The third-order valence-electron chi connectivity index (χ3n) is 5.22. The van der Waals surface area contributed by atoms with Gasteiger partial charge in [-0.1, -0.05) is 6.07 Å². The van der Waals surface area contributed by atoms with E-state index in [4.69, 9.17) is 21.1 Å². The molecule has 31 heavy (non-hydrogen) atoms. The lowest BCUT2D eigenvalue weighted by atomic mass is 10.0. The summed E-state index contributed by atoms with van der Waals surface area (Å²) < 4.78 is 26.0. The van der Waals surface area contributed by atoms with E-state index in [1.807, 2.05) is 47.4 Å². The Bertz CT molecular complexity index is 1210. The van der Waals surface area contributed by atoms with Crippen LogP contribution in [0.5, 0.6) is 0 Å². The minimum Gasteiger partial charge on any atom is -0.467 e. The van der Waals surface area contributed by atoms with Crippen LogP contribution in [-0.2, 0) is 6.54 Å². The van der Waals surface area contributed by atoms with Gasteiger partial charge in [-0.3, -0.25) is 4.98 Å². The quantitative estimate of drug-likeness (QED) is 0.340. The zero-order valence-corrected chi connectivity index (χ0v) is 18.6. The van der Waals surface area contributed by atoms with Gasteiger partial charge in [0.2, 0.25) is 0 Å². The number of nitrogens with zero attached hydrogens (tertiary/aromatic N) is 2. The van der Waals surface area contributed by atoms with Crippen molar-refractivity contribution in [3.05, 3.63) is 101 Å². The van der Waals surface area contributed by atoms with Crippen LogP contribution in [0.2, 0.25) is 0 Å². The van der Waals surface area contributed by atoms with E-state index >= 15 is 0 Å². The van der Waals surface area contributed by atoms with Crippen LogP contribution in [0.15, 0.2) is 86.4 Å². The van der Waals surface area contributed by atoms with E-state index in [1.165, 1.54) is 12.1 Å². The van der Waals surface area contributed by atoms with E-state index in [9.17, 15) is 4.39 Å². The Labute approximate surface area is 192 Å². The number of pyridine rings is 1. The van der Waals surface area contributed by atoms with Crippen LogP contribution in [0.1, 0.15) is 29.3 Å². The summed E-state index contributed by atoms with van der Waals surface area (Å²) in [5.41, 5.74) is 1.63. The molecule has 0 amide bonds. The minimum absolute atomic E-state index is 0.195. The summed E-state index contributed by atoms with van der Waals surface area (Å²) in [6.45, 7) is 0.489. The normalized spacial score (nSPS) is 18.4. The lowest BCUT2D eigenvalue weighted by molar-refractivity contribution is 0.253. The highest BCUT2D eigenvalue weighted by molar-refractivity contribution is 9.10. The first kappa shape index (κ1) is 20.0. The maximum absolute atomic E-state index is 13.5. The topological polar surface area (TPSA) is 54.4 Å². The Balaban J connectivity index is 1.55. The van der Waals surface area contributed by atoms with Crippen molar-refractivity contribution < 1.29 is 13.2 Å². The molecule has 1 aliphatic heterocycles. The number of halogens is 2. The van der Waals surface area contributed by atoms with Gasteiger partial charge in [-0.2, -0.15) is 0 Å².